The van der Waals surface area contributed by atoms with E-state index >= 15 is 0 Å². The van der Waals surface area contributed by atoms with E-state index in [0.717, 1.165) is 25.7 Å². The number of hydrogen-bond acceptors (Lipinski definition) is 5. The van der Waals surface area contributed by atoms with Crippen LogP contribution in [0.15, 0.2) is 0 Å². The van der Waals surface area contributed by atoms with Crippen molar-refractivity contribution in [3.8, 4) is 0 Å². The Morgan fingerprint density at radius 2 is 0.875 bits per heavy atom. The molecule has 0 radical (unpaired) electrons. The number of unbranched alkanes of at least 4 members (excludes halogenated alkanes) is 29. The number of amides is 1. The fourth-order valence-corrected chi connectivity index (χ4v) is 7.33. The third kappa shape index (κ3) is 24.5. The van der Waals surface area contributed by atoms with Gasteiger partial charge in [0.15, 0.2) is 0 Å². The molecule has 1 heterocycles. The Morgan fingerprint density at radius 3 is 1.23 bits per heavy atom. The zero-order valence-corrected chi connectivity index (χ0v) is 32.2. The van der Waals surface area contributed by atoms with Crippen LogP contribution in [0.2, 0.25) is 0 Å². The Hall–Kier alpha value is -0.690. The molecule has 0 aromatic heterocycles. The van der Waals surface area contributed by atoms with Crippen LogP contribution in [0.1, 0.15) is 226 Å². The van der Waals surface area contributed by atoms with Gasteiger partial charge in [-0.25, -0.2) is 0 Å². The second-order valence-corrected chi connectivity index (χ2v) is 15.2. The largest absolute Gasteiger partial charge is 0.394 e. The molecule has 48 heavy (non-hydrogen) atoms. The zero-order chi connectivity index (χ0) is 34.9. The third-order valence-electron chi connectivity index (χ3n) is 10.6. The molecule has 6 nitrogen and oxygen atoms in total. The van der Waals surface area contributed by atoms with Gasteiger partial charge >= 0.3 is 0 Å². The highest BCUT2D eigenvalue weighted by Crippen LogP contribution is 2.25. The predicted octanol–water partition coefficient (Wildman–Crippen LogP) is 11.2. The summed E-state index contributed by atoms with van der Waals surface area (Å²) in [6.45, 7) is 4.80. The number of carbonyl (C=O) groups is 1. The highest BCUT2D eigenvalue weighted by Gasteiger charge is 2.39. The Labute approximate surface area is 298 Å². The average molecular weight is 682 g/mol. The number of carbonyl (C=O) groups excluding carboxylic acids is 1. The number of hydrogen-bond donors (Lipinski definition) is 3. The second kappa shape index (κ2) is 33.5. The first-order chi connectivity index (χ1) is 23.5. The topological polar surface area (TPSA) is 90.2 Å². The molecule has 0 unspecified atom stereocenters. The van der Waals surface area contributed by atoms with Crippen molar-refractivity contribution in [1.29, 1.82) is 0 Å². The molecule has 1 rings (SSSR count). The summed E-state index contributed by atoms with van der Waals surface area (Å²) >= 11 is 0. The standard InChI is InChI=1S/C42H83NO5/c1-3-5-7-9-11-13-15-17-19-21-23-25-27-29-31-33-35-43(41-36-38(45)42(47)39(37-44)48-41)40(46)34-32-30-28-26-24-22-20-18-16-14-12-10-8-6-4-2/h38-39,41-42,44-45,47H,3-37H2,1-2H3/t38-,39-,41-,42+/m1/s1. The number of rotatable bonds is 35. The highest BCUT2D eigenvalue weighted by molar-refractivity contribution is 5.76. The normalized spacial score (nSPS) is 19.6. The second-order valence-electron chi connectivity index (χ2n) is 15.2. The van der Waals surface area contributed by atoms with E-state index in [4.69, 9.17) is 4.74 Å². The van der Waals surface area contributed by atoms with Gasteiger partial charge in [0.1, 0.15) is 18.4 Å². The molecular formula is C42H83NO5. The molecule has 1 aliphatic heterocycles. The van der Waals surface area contributed by atoms with Crippen molar-refractivity contribution < 1.29 is 24.9 Å². The Balaban J connectivity index is 2.21. The van der Waals surface area contributed by atoms with E-state index in [-0.39, 0.29) is 18.9 Å². The highest BCUT2D eigenvalue weighted by atomic mass is 16.5. The minimum atomic E-state index is -1.12. The van der Waals surface area contributed by atoms with Crippen LogP contribution in [0.5, 0.6) is 0 Å². The van der Waals surface area contributed by atoms with Crippen LogP contribution in [0.3, 0.4) is 0 Å². The maximum atomic E-state index is 13.4. The van der Waals surface area contributed by atoms with Gasteiger partial charge in [-0.15, -0.1) is 0 Å². The van der Waals surface area contributed by atoms with E-state index in [0.29, 0.717) is 13.0 Å². The monoisotopic (exact) mass is 682 g/mol. The van der Waals surface area contributed by atoms with Crippen LogP contribution in [-0.2, 0) is 9.53 Å². The minimum Gasteiger partial charge on any atom is -0.394 e. The van der Waals surface area contributed by atoms with E-state index in [1.165, 1.54) is 173 Å². The molecule has 1 amide bonds. The fourth-order valence-electron chi connectivity index (χ4n) is 7.33. The maximum absolute atomic E-state index is 13.4. The Bertz CT molecular complexity index is 691. The lowest BCUT2D eigenvalue weighted by molar-refractivity contribution is -0.218. The van der Waals surface area contributed by atoms with E-state index in [1.54, 1.807) is 4.90 Å². The summed E-state index contributed by atoms with van der Waals surface area (Å²) in [6.07, 6.45) is 37.6. The SMILES string of the molecule is CCCCCCCCCCCCCCCCCCN(C(=O)CCCCCCCCCCCCCCCCC)[C@H]1C[C@@H](O)[C@H](O)[C@@H](CO)O1. The molecule has 0 aromatic rings. The van der Waals surface area contributed by atoms with Gasteiger partial charge in [0.2, 0.25) is 5.91 Å². The van der Waals surface area contributed by atoms with Gasteiger partial charge in [0, 0.05) is 19.4 Å². The van der Waals surface area contributed by atoms with Gasteiger partial charge in [0.25, 0.3) is 0 Å². The van der Waals surface area contributed by atoms with E-state index in [9.17, 15) is 20.1 Å². The zero-order valence-electron chi connectivity index (χ0n) is 32.2. The van der Waals surface area contributed by atoms with E-state index in [1.807, 2.05) is 0 Å². The first kappa shape index (κ1) is 45.3. The van der Waals surface area contributed by atoms with Crippen molar-refractivity contribution in [1.82, 2.24) is 4.90 Å². The van der Waals surface area contributed by atoms with Crippen molar-refractivity contribution in [3.63, 3.8) is 0 Å². The summed E-state index contributed by atoms with van der Waals surface area (Å²) in [6, 6.07) is 0. The molecule has 0 spiro atoms. The smallest absolute Gasteiger partial charge is 0.224 e. The van der Waals surface area contributed by atoms with Gasteiger partial charge < -0.3 is 25.0 Å². The number of ether oxygens (including phenoxy) is 1. The fraction of sp³-hybridized carbons (Fsp3) is 0.976. The Morgan fingerprint density at radius 1 is 0.542 bits per heavy atom. The molecule has 1 saturated heterocycles. The molecule has 0 aliphatic carbocycles. The molecule has 3 N–H and O–H groups in total. The molecule has 6 heteroatoms. The molecule has 286 valence electrons. The number of aliphatic hydroxyl groups excluding tert-OH is 3. The predicted molar refractivity (Wildman–Crippen MR) is 203 cm³/mol. The summed E-state index contributed by atoms with van der Waals surface area (Å²) in [5.74, 6) is 0.0796. The first-order valence-electron chi connectivity index (χ1n) is 21.5. The van der Waals surface area contributed by atoms with E-state index in [2.05, 4.69) is 13.8 Å². The lowest BCUT2D eigenvalue weighted by Crippen LogP contribution is -2.56. The number of aliphatic hydroxyl groups is 3. The van der Waals surface area contributed by atoms with Crippen molar-refractivity contribution in [2.24, 2.45) is 0 Å². The number of nitrogens with zero attached hydrogens (tertiary/aromatic N) is 1. The molecular weight excluding hydrogens is 598 g/mol. The third-order valence-corrected chi connectivity index (χ3v) is 10.6. The summed E-state index contributed by atoms with van der Waals surface area (Å²) < 4.78 is 5.95. The van der Waals surface area contributed by atoms with Crippen molar-refractivity contribution in [2.45, 2.75) is 250 Å². The quantitative estimate of drug-likeness (QED) is 0.0579. The maximum Gasteiger partial charge on any atom is 0.224 e. The van der Waals surface area contributed by atoms with Crippen molar-refractivity contribution in [2.75, 3.05) is 13.2 Å². The minimum absolute atomic E-state index is 0.0796. The van der Waals surface area contributed by atoms with E-state index < -0.39 is 24.5 Å². The van der Waals surface area contributed by atoms with Gasteiger partial charge in [-0.3, -0.25) is 4.79 Å². The molecule has 1 aliphatic rings. The van der Waals surface area contributed by atoms with Crippen LogP contribution >= 0.6 is 0 Å². The lowest BCUT2D eigenvalue weighted by Gasteiger charge is -2.41. The average Bonchev–Trinajstić information content (AvgIpc) is 3.09. The summed E-state index contributed by atoms with van der Waals surface area (Å²) in [7, 11) is 0. The van der Waals surface area contributed by atoms with Gasteiger partial charge in [-0.2, -0.15) is 0 Å². The molecule has 0 aromatic carbocycles. The molecule has 4 atom stereocenters. The van der Waals surface area contributed by atoms with Gasteiger partial charge in [-0.05, 0) is 12.8 Å². The summed E-state index contributed by atoms with van der Waals surface area (Å²) in [5.41, 5.74) is 0. The lowest BCUT2D eigenvalue weighted by atomic mass is 10.00. The molecule has 0 saturated carbocycles. The van der Waals surface area contributed by atoms with Gasteiger partial charge in [0.05, 0.1) is 12.7 Å². The van der Waals surface area contributed by atoms with Crippen molar-refractivity contribution >= 4 is 5.91 Å². The van der Waals surface area contributed by atoms with Crippen LogP contribution in [0.4, 0.5) is 0 Å². The molecule has 0 bridgehead atoms. The molecule has 1 fully saturated rings. The summed E-state index contributed by atoms with van der Waals surface area (Å²) in [4.78, 5) is 15.2. The van der Waals surface area contributed by atoms with Crippen LogP contribution < -0.4 is 0 Å². The summed E-state index contributed by atoms with van der Waals surface area (Å²) in [5, 5.41) is 30.3. The first-order valence-corrected chi connectivity index (χ1v) is 21.5. The van der Waals surface area contributed by atoms with Crippen LogP contribution in [-0.4, -0.2) is 63.8 Å². The van der Waals surface area contributed by atoms with Crippen molar-refractivity contribution in [3.05, 3.63) is 0 Å². The van der Waals surface area contributed by atoms with Crippen LogP contribution in [0.25, 0.3) is 0 Å². The van der Waals surface area contributed by atoms with Gasteiger partial charge in [-0.1, -0.05) is 200 Å². The van der Waals surface area contributed by atoms with Crippen LogP contribution in [0, 0.1) is 0 Å². The Kier molecular flexibility index (Phi) is 31.6.